The van der Waals surface area contributed by atoms with Crippen LogP contribution in [-0.2, 0) is 0 Å². The molecular weight excluding hydrogens is 212 g/mol. The van der Waals surface area contributed by atoms with E-state index in [4.69, 9.17) is 0 Å². The van der Waals surface area contributed by atoms with Crippen molar-refractivity contribution in [2.45, 2.75) is 20.3 Å². The van der Waals surface area contributed by atoms with Crippen molar-refractivity contribution >= 4 is 11.5 Å². The first-order valence-electron chi connectivity index (χ1n) is 5.27. The molecule has 0 heterocycles. The normalized spacial score (nSPS) is 10.6. The quantitative estimate of drug-likeness (QED) is 0.721. The summed E-state index contributed by atoms with van der Waals surface area (Å²) in [4.78, 5) is 13.1. The summed E-state index contributed by atoms with van der Waals surface area (Å²) in [6, 6.07) is 6.29. The van der Waals surface area contributed by atoms with Gasteiger partial charge in [-0.1, -0.05) is 0 Å². The van der Waals surface area contributed by atoms with Crippen molar-refractivity contribution in [1.29, 1.82) is 0 Å². The second-order valence-electron chi connectivity index (χ2n) is 3.38. The highest BCUT2D eigenvalue weighted by Gasteiger charge is 2.17. The van der Waals surface area contributed by atoms with Crippen LogP contribution in [0.25, 0.3) is 0 Å². The van der Waals surface area contributed by atoms with Gasteiger partial charge < -0.3 is 4.90 Å². The zero-order valence-electron chi connectivity index (χ0n) is 9.41. The van der Waals surface area contributed by atoms with Crippen molar-refractivity contribution in [3.05, 3.63) is 29.8 Å². The second-order valence-corrected chi connectivity index (χ2v) is 3.38. The molecule has 0 saturated carbocycles. The van der Waals surface area contributed by atoms with Crippen LogP contribution in [0, 0.1) is 0 Å². The lowest BCUT2D eigenvalue weighted by Gasteiger charge is -2.20. The third-order valence-corrected chi connectivity index (χ3v) is 2.48. The number of Topliss-reactive ketones (excluding diaryl/α,β-unsaturated/α-hetero) is 1. The van der Waals surface area contributed by atoms with Crippen molar-refractivity contribution in [2.75, 3.05) is 18.0 Å². The smallest absolute Gasteiger partial charge is 0.300 e. The summed E-state index contributed by atoms with van der Waals surface area (Å²) in [6.45, 7) is 5.72. The summed E-state index contributed by atoms with van der Waals surface area (Å²) >= 11 is 0. The van der Waals surface area contributed by atoms with Gasteiger partial charge in [-0.05, 0) is 38.1 Å². The Balaban J connectivity index is 2.86. The molecule has 0 spiro atoms. The second kappa shape index (κ2) is 5.58. The average molecular weight is 227 g/mol. The fraction of sp³-hybridized carbons (Fsp3) is 0.417. The number of halogens is 2. The van der Waals surface area contributed by atoms with E-state index in [1.54, 1.807) is 12.1 Å². The van der Waals surface area contributed by atoms with E-state index >= 15 is 0 Å². The molecule has 88 valence electrons. The Labute approximate surface area is 93.9 Å². The third-order valence-electron chi connectivity index (χ3n) is 2.48. The van der Waals surface area contributed by atoms with Crippen LogP contribution < -0.4 is 4.90 Å². The Hall–Kier alpha value is -1.45. The van der Waals surface area contributed by atoms with Gasteiger partial charge in [0.05, 0.1) is 0 Å². The molecule has 0 aliphatic heterocycles. The van der Waals surface area contributed by atoms with Crippen molar-refractivity contribution in [1.82, 2.24) is 0 Å². The number of benzene rings is 1. The van der Waals surface area contributed by atoms with E-state index in [0.29, 0.717) is 0 Å². The maximum absolute atomic E-state index is 12.1. The average Bonchev–Trinajstić information content (AvgIpc) is 2.30. The van der Waals surface area contributed by atoms with Crippen LogP contribution in [0.1, 0.15) is 24.2 Å². The first kappa shape index (κ1) is 12.6. The number of alkyl halides is 2. The molecule has 4 heteroatoms. The molecule has 0 unspecified atom stereocenters. The molecule has 1 aromatic carbocycles. The van der Waals surface area contributed by atoms with Gasteiger partial charge in [0.2, 0.25) is 5.78 Å². The largest absolute Gasteiger partial charge is 0.372 e. The van der Waals surface area contributed by atoms with E-state index in [9.17, 15) is 13.6 Å². The number of ketones is 1. The van der Waals surface area contributed by atoms with Crippen LogP contribution in [0.3, 0.4) is 0 Å². The molecule has 0 aliphatic rings. The lowest BCUT2D eigenvalue weighted by atomic mass is 10.1. The number of anilines is 1. The zero-order valence-corrected chi connectivity index (χ0v) is 9.41. The van der Waals surface area contributed by atoms with E-state index in [0.717, 1.165) is 18.8 Å². The molecule has 0 aliphatic carbocycles. The fourth-order valence-corrected chi connectivity index (χ4v) is 1.55. The van der Waals surface area contributed by atoms with E-state index in [-0.39, 0.29) is 5.56 Å². The standard InChI is InChI=1S/C12H15F2NO/c1-3-15(4-2)10-7-5-9(6-8-10)11(16)12(13)14/h5-8,12H,3-4H2,1-2H3. The van der Waals surface area contributed by atoms with Gasteiger partial charge in [0.25, 0.3) is 0 Å². The van der Waals surface area contributed by atoms with Gasteiger partial charge in [-0.15, -0.1) is 0 Å². The van der Waals surface area contributed by atoms with Gasteiger partial charge in [0, 0.05) is 24.3 Å². The van der Waals surface area contributed by atoms with Gasteiger partial charge >= 0.3 is 6.43 Å². The van der Waals surface area contributed by atoms with Crippen molar-refractivity contribution < 1.29 is 13.6 Å². The summed E-state index contributed by atoms with van der Waals surface area (Å²) in [7, 11) is 0. The maximum atomic E-state index is 12.1. The number of nitrogens with zero attached hydrogens (tertiary/aromatic N) is 1. The molecule has 0 N–H and O–H groups in total. The van der Waals surface area contributed by atoms with Crippen LogP contribution in [-0.4, -0.2) is 25.3 Å². The Morgan fingerprint density at radius 2 is 1.69 bits per heavy atom. The summed E-state index contributed by atoms with van der Waals surface area (Å²) in [5, 5.41) is 0. The fourth-order valence-electron chi connectivity index (χ4n) is 1.55. The molecule has 0 saturated heterocycles. The monoisotopic (exact) mass is 227 g/mol. The summed E-state index contributed by atoms with van der Waals surface area (Å²) in [6.07, 6.45) is -2.93. The molecule has 0 fully saturated rings. The number of hydrogen-bond acceptors (Lipinski definition) is 2. The molecule has 2 nitrogen and oxygen atoms in total. The molecule has 0 radical (unpaired) electrons. The maximum Gasteiger partial charge on any atom is 0.300 e. The van der Waals surface area contributed by atoms with Gasteiger partial charge in [-0.3, -0.25) is 4.79 Å². The molecule has 0 aromatic heterocycles. The molecule has 0 amide bonds. The van der Waals surface area contributed by atoms with Crippen LogP contribution >= 0.6 is 0 Å². The Morgan fingerprint density at radius 3 is 2.06 bits per heavy atom. The summed E-state index contributed by atoms with van der Waals surface area (Å²) < 4.78 is 24.3. The lowest BCUT2D eigenvalue weighted by Crippen LogP contribution is -2.21. The molecular formula is C12H15F2NO. The molecule has 0 bridgehead atoms. The summed E-state index contributed by atoms with van der Waals surface area (Å²) in [5.74, 6) is -1.12. The third kappa shape index (κ3) is 2.78. The number of rotatable bonds is 5. The Kier molecular flexibility index (Phi) is 4.40. The molecule has 16 heavy (non-hydrogen) atoms. The number of carbonyl (C=O) groups is 1. The minimum absolute atomic E-state index is 0.0610. The van der Waals surface area contributed by atoms with Crippen LogP contribution in [0.15, 0.2) is 24.3 Å². The van der Waals surface area contributed by atoms with Gasteiger partial charge in [-0.25, -0.2) is 8.78 Å². The lowest BCUT2D eigenvalue weighted by molar-refractivity contribution is 0.0679. The Bertz CT molecular complexity index is 345. The van der Waals surface area contributed by atoms with Crippen LogP contribution in [0.2, 0.25) is 0 Å². The summed E-state index contributed by atoms with van der Waals surface area (Å²) in [5.41, 5.74) is 1.00. The number of carbonyl (C=O) groups excluding carboxylic acids is 1. The van der Waals surface area contributed by atoms with Crippen molar-refractivity contribution in [3.8, 4) is 0 Å². The van der Waals surface area contributed by atoms with Gasteiger partial charge in [-0.2, -0.15) is 0 Å². The topological polar surface area (TPSA) is 20.3 Å². The first-order chi connectivity index (χ1) is 7.60. The molecule has 1 aromatic rings. The van der Waals surface area contributed by atoms with Gasteiger partial charge in [0.15, 0.2) is 0 Å². The molecule has 1 rings (SSSR count). The van der Waals surface area contributed by atoms with E-state index in [1.165, 1.54) is 12.1 Å². The highest BCUT2D eigenvalue weighted by molar-refractivity contribution is 5.98. The van der Waals surface area contributed by atoms with Gasteiger partial charge in [0.1, 0.15) is 0 Å². The minimum atomic E-state index is -2.93. The highest BCUT2D eigenvalue weighted by Crippen LogP contribution is 2.16. The zero-order chi connectivity index (χ0) is 12.1. The highest BCUT2D eigenvalue weighted by atomic mass is 19.3. The SMILES string of the molecule is CCN(CC)c1ccc(C(=O)C(F)F)cc1. The predicted molar refractivity (Wildman–Crippen MR) is 60.3 cm³/mol. The minimum Gasteiger partial charge on any atom is -0.372 e. The first-order valence-corrected chi connectivity index (χ1v) is 5.27. The van der Waals surface area contributed by atoms with Crippen LogP contribution in [0.5, 0.6) is 0 Å². The van der Waals surface area contributed by atoms with E-state index in [2.05, 4.69) is 4.90 Å². The molecule has 0 atom stereocenters. The predicted octanol–water partition coefficient (Wildman–Crippen LogP) is 2.98. The number of hydrogen-bond donors (Lipinski definition) is 0. The van der Waals surface area contributed by atoms with E-state index in [1.807, 2.05) is 13.8 Å². The van der Waals surface area contributed by atoms with E-state index < -0.39 is 12.2 Å². The van der Waals surface area contributed by atoms with Crippen molar-refractivity contribution in [2.24, 2.45) is 0 Å². The Morgan fingerprint density at radius 1 is 1.19 bits per heavy atom. The van der Waals surface area contributed by atoms with Crippen LogP contribution in [0.4, 0.5) is 14.5 Å². The van der Waals surface area contributed by atoms with Crippen molar-refractivity contribution in [3.63, 3.8) is 0 Å².